The number of benzene rings is 2. The van der Waals surface area contributed by atoms with Crippen molar-refractivity contribution in [1.82, 2.24) is 10.2 Å². The van der Waals surface area contributed by atoms with E-state index in [0.29, 0.717) is 18.8 Å². The summed E-state index contributed by atoms with van der Waals surface area (Å²) < 4.78 is 7.59. The first-order valence-corrected chi connectivity index (χ1v) is 12.4. The number of carbonyl (C=O) groups is 2. The summed E-state index contributed by atoms with van der Waals surface area (Å²) in [5, 5.41) is 2.88. The van der Waals surface area contributed by atoms with Gasteiger partial charge in [0.25, 0.3) is 5.91 Å². The molecule has 0 aliphatic rings. The molecular weight excluding hydrogens is 536 g/mol. The lowest BCUT2D eigenvalue weighted by Crippen LogP contribution is -2.49. The van der Waals surface area contributed by atoms with Crippen LogP contribution in [0.4, 0.5) is 0 Å². The van der Waals surface area contributed by atoms with Crippen molar-refractivity contribution in [2.45, 2.75) is 59.0 Å². The molecule has 1 unspecified atom stereocenters. The summed E-state index contributed by atoms with van der Waals surface area (Å²) in [5.41, 5.74) is 2.12. The number of hydrogen-bond acceptors (Lipinski definition) is 3. The van der Waals surface area contributed by atoms with Crippen LogP contribution >= 0.6 is 31.9 Å². The topological polar surface area (TPSA) is 58.6 Å². The second-order valence-corrected chi connectivity index (χ2v) is 10.6. The minimum Gasteiger partial charge on any atom is -0.483 e. The largest absolute Gasteiger partial charge is 0.483 e. The molecule has 2 rings (SSSR count). The van der Waals surface area contributed by atoms with E-state index < -0.39 is 6.04 Å². The number of ether oxygens (including phenoxy) is 1. The van der Waals surface area contributed by atoms with Crippen molar-refractivity contribution < 1.29 is 14.3 Å². The van der Waals surface area contributed by atoms with Crippen LogP contribution in [0.1, 0.15) is 52.2 Å². The number of nitrogens with zero attached hydrogens (tertiary/aromatic N) is 1. The molecule has 0 radical (unpaired) electrons. The Morgan fingerprint density at radius 1 is 1.09 bits per heavy atom. The molecule has 2 amide bonds. The Morgan fingerprint density at radius 3 is 2.31 bits per heavy atom. The van der Waals surface area contributed by atoms with Gasteiger partial charge in [0.15, 0.2) is 6.61 Å². The first-order valence-electron chi connectivity index (χ1n) is 10.8. The highest BCUT2D eigenvalue weighted by atomic mass is 79.9. The first kappa shape index (κ1) is 26.4. The smallest absolute Gasteiger partial charge is 0.261 e. The quantitative estimate of drug-likeness (QED) is 0.414. The zero-order valence-corrected chi connectivity index (χ0v) is 22.5. The van der Waals surface area contributed by atoms with Gasteiger partial charge in [-0.2, -0.15) is 0 Å². The van der Waals surface area contributed by atoms with E-state index in [9.17, 15) is 9.59 Å². The zero-order valence-electron chi connectivity index (χ0n) is 19.4. The van der Waals surface area contributed by atoms with E-state index in [2.05, 4.69) is 57.9 Å². The number of carbonyl (C=O) groups excluding carboxylic acids is 2. The molecule has 1 atom stereocenters. The lowest BCUT2D eigenvalue weighted by molar-refractivity contribution is -0.142. The third-order valence-corrected chi connectivity index (χ3v) is 6.28. The minimum atomic E-state index is -0.618. The maximum absolute atomic E-state index is 13.1. The van der Waals surface area contributed by atoms with Crippen LogP contribution in [0.15, 0.2) is 51.4 Å². The third kappa shape index (κ3) is 7.62. The normalized spacial score (nSPS) is 12.2. The monoisotopic (exact) mass is 566 g/mol. The van der Waals surface area contributed by atoms with E-state index in [1.54, 1.807) is 11.8 Å². The molecule has 1 N–H and O–H groups in total. The Balaban J connectivity index is 2.16. The summed E-state index contributed by atoms with van der Waals surface area (Å²) in [4.78, 5) is 27.3. The molecule has 7 heteroatoms. The van der Waals surface area contributed by atoms with Crippen LogP contribution in [0.5, 0.6) is 5.75 Å². The predicted octanol–water partition coefficient (Wildman–Crippen LogP) is 5.83. The van der Waals surface area contributed by atoms with Gasteiger partial charge in [-0.05, 0) is 70.1 Å². The van der Waals surface area contributed by atoms with Crippen molar-refractivity contribution in [3.05, 3.63) is 62.5 Å². The van der Waals surface area contributed by atoms with Crippen molar-refractivity contribution >= 4 is 43.7 Å². The molecule has 0 aromatic heterocycles. The van der Waals surface area contributed by atoms with E-state index in [-0.39, 0.29) is 23.8 Å². The van der Waals surface area contributed by atoms with E-state index in [1.165, 1.54) is 5.56 Å². The summed E-state index contributed by atoms with van der Waals surface area (Å²) in [6.07, 6.45) is 0.834. The number of hydrogen-bond donors (Lipinski definition) is 1. The Morgan fingerprint density at radius 2 is 1.75 bits per heavy atom. The number of nitrogens with one attached hydrogen (secondary N) is 1. The number of rotatable bonds is 9. The van der Waals surface area contributed by atoms with Crippen molar-refractivity contribution in [2.24, 2.45) is 0 Å². The molecule has 32 heavy (non-hydrogen) atoms. The predicted molar refractivity (Wildman–Crippen MR) is 136 cm³/mol. The molecule has 0 spiro atoms. The standard InChI is InChI=1S/C25H32Br2N2O3/c1-6-13-28-24(31)17(2)29(15-18-7-10-20(26)11-8-18)23(30)16-32-22-12-9-19(14-21(22)27)25(3,4)5/h7-12,14,17H,6,13,15-16H2,1-5H3,(H,28,31). The number of halogens is 2. The molecule has 2 aromatic rings. The fourth-order valence-corrected chi connectivity index (χ4v) is 3.83. The van der Waals surface area contributed by atoms with Gasteiger partial charge in [-0.3, -0.25) is 9.59 Å². The van der Waals surface area contributed by atoms with E-state index in [4.69, 9.17) is 4.74 Å². The summed E-state index contributed by atoms with van der Waals surface area (Å²) in [5.74, 6) is 0.171. The van der Waals surface area contributed by atoms with Crippen LogP contribution in [0.3, 0.4) is 0 Å². The molecule has 2 aromatic carbocycles. The van der Waals surface area contributed by atoms with Crippen molar-refractivity contribution in [3.63, 3.8) is 0 Å². The van der Waals surface area contributed by atoms with Gasteiger partial charge in [0.2, 0.25) is 5.91 Å². The highest BCUT2D eigenvalue weighted by molar-refractivity contribution is 9.10. The number of amides is 2. The first-order chi connectivity index (χ1) is 15.0. The molecule has 0 saturated heterocycles. The van der Waals surface area contributed by atoms with Crippen LogP contribution in [0, 0.1) is 0 Å². The molecule has 0 saturated carbocycles. The highest BCUT2D eigenvalue weighted by Gasteiger charge is 2.26. The van der Waals surface area contributed by atoms with Crippen LogP contribution in [0.2, 0.25) is 0 Å². The van der Waals surface area contributed by atoms with Crippen LogP contribution < -0.4 is 10.1 Å². The molecular formula is C25H32Br2N2O3. The summed E-state index contributed by atoms with van der Waals surface area (Å²) in [6.45, 7) is 10.9. The average molecular weight is 568 g/mol. The SMILES string of the molecule is CCCNC(=O)C(C)N(Cc1ccc(Br)cc1)C(=O)COc1ccc(C(C)(C)C)cc1Br. The summed E-state index contributed by atoms with van der Waals surface area (Å²) in [6, 6.07) is 13.0. The highest BCUT2D eigenvalue weighted by Crippen LogP contribution is 2.31. The van der Waals surface area contributed by atoms with Gasteiger partial charge in [0.1, 0.15) is 11.8 Å². The van der Waals surface area contributed by atoms with E-state index >= 15 is 0 Å². The Labute approximate surface area is 208 Å². The third-order valence-electron chi connectivity index (χ3n) is 5.13. The van der Waals surface area contributed by atoms with Gasteiger partial charge in [-0.15, -0.1) is 0 Å². The fraction of sp³-hybridized carbons (Fsp3) is 0.440. The zero-order chi connectivity index (χ0) is 23.9. The summed E-state index contributed by atoms with van der Waals surface area (Å²) in [7, 11) is 0. The molecule has 0 aliphatic carbocycles. The lowest BCUT2D eigenvalue weighted by atomic mass is 9.87. The van der Waals surface area contributed by atoms with Gasteiger partial charge in [-0.1, -0.05) is 61.8 Å². The van der Waals surface area contributed by atoms with Crippen molar-refractivity contribution in [2.75, 3.05) is 13.2 Å². The summed E-state index contributed by atoms with van der Waals surface area (Å²) >= 11 is 6.98. The van der Waals surface area contributed by atoms with Crippen LogP contribution in [0.25, 0.3) is 0 Å². The molecule has 0 aliphatic heterocycles. The maximum Gasteiger partial charge on any atom is 0.261 e. The van der Waals surface area contributed by atoms with Crippen molar-refractivity contribution in [3.8, 4) is 5.75 Å². The average Bonchev–Trinajstić information content (AvgIpc) is 2.74. The second-order valence-electron chi connectivity index (χ2n) is 8.80. The van der Waals surface area contributed by atoms with E-state index in [1.807, 2.05) is 49.4 Å². The van der Waals surface area contributed by atoms with Gasteiger partial charge in [0.05, 0.1) is 4.47 Å². The molecule has 0 heterocycles. The van der Waals surface area contributed by atoms with Gasteiger partial charge >= 0.3 is 0 Å². The molecule has 0 bridgehead atoms. The molecule has 174 valence electrons. The van der Waals surface area contributed by atoms with Crippen molar-refractivity contribution in [1.29, 1.82) is 0 Å². The Hall–Kier alpha value is -1.86. The van der Waals surface area contributed by atoms with Crippen LogP contribution in [-0.4, -0.2) is 35.9 Å². The van der Waals surface area contributed by atoms with Crippen LogP contribution in [-0.2, 0) is 21.5 Å². The maximum atomic E-state index is 13.1. The lowest BCUT2D eigenvalue weighted by Gasteiger charge is -2.29. The van der Waals surface area contributed by atoms with Gasteiger partial charge in [0, 0.05) is 17.6 Å². The Bertz CT molecular complexity index is 924. The fourth-order valence-electron chi connectivity index (χ4n) is 3.07. The second kappa shape index (κ2) is 11.8. The Kier molecular flexibility index (Phi) is 9.77. The van der Waals surface area contributed by atoms with E-state index in [0.717, 1.165) is 20.9 Å². The van der Waals surface area contributed by atoms with Gasteiger partial charge < -0.3 is 15.0 Å². The minimum absolute atomic E-state index is 0.0135. The molecule has 0 fully saturated rings. The van der Waals surface area contributed by atoms with Gasteiger partial charge in [-0.25, -0.2) is 0 Å². The molecule has 5 nitrogen and oxygen atoms in total.